The van der Waals surface area contributed by atoms with Gasteiger partial charge in [-0.1, -0.05) is 25.5 Å². The lowest BCUT2D eigenvalue weighted by molar-refractivity contribution is -0.117. The molecule has 0 aromatic heterocycles. The van der Waals surface area contributed by atoms with E-state index in [0.717, 1.165) is 17.6 Å². The molecular formula is C16H19FO2. The van der Waals surface area contributed by atoms with Gasteiger partial charge in [0.15, 0.2) is 17.3 Å². The summed E-state index contributed by atoms with van der Waals surface area (Å²) in [4.78, 5) is 11.7. The fourth-order valence-electron chi connectivity index (χ4n) is 2.67. The van der Waals surface area contributed by atoms with E-state index in [2.05, 4.69) is 13.8 Å². The number of halogens is 1. The monoisotopic (exact) mass is 262 g/mol. The second-order valence-corrected chi connectivity index (χ2v) is 5.93. The van der Waals surface area contributed by atoms with Crippen LogP contribution in [0.15, 0.2) is 29.8 Å². The topological polar surface area (TPSA) is 26.3 Å². The van der Waals surface area contributed by atoms with Gasteiger partial charge in [-0.05, 0) is 42.0 Å². The first-order chi connectivity index (χ1) is 8.89. The third kappa shape index (κ3) is 3.43. The lowest BCUT2D eigenvalue weighted by Crippen LogP contribution is -2.22. The molecule has 0 bridgehead atoms. The minimum atomic E-state index is -0.359. The molecule has 19 heavy (non-hydrogen) atoms. The van der Waals surface area contributed by atoms with Gasteiger partial charge in [-0.2, -0.15) is 0 Å². The SMILES string of the molecule is COc1ccc(CC2=CC(=O)CC(C)(C)C2)cc1F. The van der Waals surface area contributed by atoms with Crippen molar-refractivity contribution in [1.29, 1.82) is 0 Å². The van der Waals surface area contributed by atoms with Gasteiger partial charge >= 0.3 is 0 Å². The maximum Gasteiger partial charge on any atom is 0.165 e. The van der Waals surface area contributed by atoms with E-state index in [9.17, 15) is 9.18 Å². The largest absolute Gasteiger partial charge is 0.494 e. The standard InChI is InChI=1S/C16H19FO2/c1-16(2)9-12(7-13(18)10-16)6-11-4-5-15(19-3)14(17)8-11/h4-5,7-8H,6,9-10H2,1-3H3. The normalized spacial score (nSPS) is 18.1. The van der Waals surface area contributed by atoms with Crippen molar-refractivity contribution in [3.63, 3.8) is 0 Å². The zero-order valence-corrected chi connectivity index (χ0v) is 11.6. The highest BCUT2D eigenvalue weighted by atomic mass is 19.1. The molecule has 1 aliphatic carbocycles. The summed E-state index contributed by atoms with van der Waals surface area (Å²) in [6.45, 7) is 4.18. The lowest BCUT2D eigenvalue weighted by Gasteiger charge is -2.28. The average molecular weight is 262 g/mol. The molecule has 1 aromatic carbocycles. The van der Waals surface area contributed by atoms with Gasteiger partial charge < -0.3 is 4.74 Å². The molecule has 0 saturated carbocycles. The van der Waals surface area contributed by atoms with Crippen LogP contribution >= 0.6 is 0 Å². The third-order valence-corrected chi connectivity index (χ3v) is 3.37. The predicted molar refractivity (Wildman–Crippen MR) is 72.8 cm³/mol. The van der Waals surface area contributed by atoms with Gasteiger partial charge in [-0.15, -0.1) is 0 Å². The summed E-state index contributed by atoms with van der Waals surface area (Å²) in [5.74, 6) is 0.0556. The molecule has 0 fully saturated rings. The van der Waals surface area contributed by atoms with E-state index in [1.54, 1.807) is 12.1 Å². The van der Waals surface area contributed by atoms with Crippen LogP contribution in [-0.4, -0.2) is 12.9 Å². The molecule has 0 unspecified atom stereocenters. The fraction of sp³-hybridized carbons (Fsp3) is 0.438. The molecular weight excluding hydrogens is 243 g/mol. The Morgan fingerprint density at radius 2 is 2.05 bits per heavy atom. The summed E-state index contributed by atoms with van der Waals surface area (Å²) in [6.07, 6.45) is 3.81. The van der Waals surface area contributed by atoms with Gasteiger partial charge in [0.05, 0.1) is 7.11 Å². The Morgan fingerprint density at radius 3 is 2.63 bits per heavy atom. The number of benzene rings is 1. The molecule has 2 nitrogen and oxygen atoms in total. The molecule has 0 spiro atoms. The number of ketones is 1. The first kappa shape index (κ1) is 13.8. The molecule has 0 heterocycles. The Labute approximate surface area is 113 Å². The molecule has 0 aliphatic heterocycles. The minimum absolute atomic E-state index is 0.00613. The number of rotatable bonds is 3. The Hall–Kier alpha value is -1.64. The van der Waals surface area contributed by atoms with E-state index >= 15 is 0 Å². The van der Waals surface area contributed by atoms with E-state index < -0.39 is 0 Å². The van der Waals surface area contributed by atoms with Crippen LogP contribution < -0.4 is 4.74 Å². The second kappa shape index (κ2) is 5.16. The molecule has 0 amide bonds. The molecule has 0 N–H and O–H groups in total. The van der Waals surface area contributed by atoms with Crippen LogP contribution in [0.4, 0.5) is 4.39 Å². The van der Waals surface area contributed by atoms with Crippen LogP contribution in [0.3, 0.4) is 0 Å². The van der Waals surface area contributed by atoms with Crippen LogP contribution in [0.1, 0.15) is 32.3 Å². The second-order valence-electron chi connectivity index (χ2n) is 5.93. The summed E-state index contributed by atoms with van der Waals surface area (Å²) < 4.78 is 18.5. The first-order valence-corrected chi connectivity index (χ1v) is 6.44. The molecule has 0 atom stereocenters. The van der Waals surface area contributed by atoms with E-state index in [1.807, 2.05) is 6.07 Å². The number of hydrogen-bond donors (Lipinski definition) is 0. The highest BCUT2D eigenvalue weighted by Crippen LogP contribution is 2.35. The summed E-state index contributed by atoms with van der Waals surface area (Å²) in [5, 5.41) is 0. The Kier molecular flexibility index (Phi) is 3.74. The maximum atomic E-state index is 13.6. The number of ether oxygens (including phenoxy) is 1. The highest BCUT2D eigenvalue weighted by Gasteiger charge is 2.27. The molecule has 102 valence electrons. The molecule has 1 aromatic rings. The van der Waals surface area contributed by atoms with Crippen molar-refractivity contribution in [3.8, 4) is 5.75 Å². The maximum absolute atomic E-state index is 13.6. The summed E-state index contributed by atoms with van der Waals surface area (Å²) >= 11 is 0. The van der Waals surface area contributed by atoms with Crippen molar-refractivity contribution in [3.05, 3.63) is 41.2 Å². The predicted octanol–water partition coefficient (Wildman–Crippen LogP) is 3.69. The molecule has 2 rings (SSSR count). The van der Waals surface area contributed by atoms with Crippen molar-refractivity contribution in [2.24, 2.45) is 5.41 Å². The summed E-state index contributed by atoms with van der Waals surface area (Å²) in [7, 11) is 1.45. The van der Waals surface area contributed by atoms with Gasteiger partial charge in [0.25, 0.3) is 0 Å². The lowest BCUT2D eigenvalue weighted by atomic mass is 9.75. The van der Waals surface area contributed by atoms with Crippen LogP contribution in [0.2, 0.25) is 0 Å². The Balaban J connectivity index is 2.17. The number of carbonyl (C=O) groups is 1. The zero-order valence-electron chi connectivity index (χ0n) is 11.6. The smallest absolute Gasteiger partial charge is 0.165 e. The van der Waals surface area contributed by atoms with Crippen molar-refractivity contribution in [2.45, 2.75) is 33.1 Å². The number of carbonyl (C=O) groups excluding carboxylic acids is 1. The average Bonchev–Trinajstić information content (AvgIpc) is 2.26. The Morgan fingerprint density at radius 1 is 1.32 bits per heavy atom. The van der Waals surface area contributed by atoms with Crippen molar-refractivity contribution >= 4 is 5.78 Å². The highest BCUT2D eigenvalue weighted by molar-refractivity contribution is 5.91. The number of allylic oxidation sites excluding steroid dienone is 2. The van der Waals surface area contributed by atoms with Crippen molar-refractivity contribution in [2.75, 3.05) is 7.11 Å². The van der Waals surface area contributed by atoms with E-state index in [1.165, 1.54) is 13.2 Å². The zero-order chi connectivity index (χ0) is 14.0. The van der Waals surface area contributed by atoms with Crippen molar-refractivity contribution < 1.29 is 13.9 Å². The van der Waals surface area contributed by atoms with Gasteiger partial charge in [-0.25, -0.2) is 4.39 Å². The molecule has 1 aliphatic rings. The van der Waals surface area contributed by atoms with Crippen LogP contribution in [0.25, 0.3) is 0 Å². The van der Waals surface area contributed by atoms with E-state index in [-0.39, 0.29) is 22.8 Å². The summed E-state index contributed by atoms with van der Waals surface area (Å²) in [5.41, 5.74) is 1.95. The van der Waals surface area contributed by atoms with Crippen LogP contribution in [0, 0.1) is 11.2 Å². The quantitative estimate of drug-likeness (QED) is 0.830. The molecule has 3 heteroatoms. The molecule has 0 radical (unpaired) electrons. The summed E-state index contributed by atoms with van der Waals surface area (Å²) in [6, 6.07) is 4.95. The van der Waals surface area contributed by atoms with Crippen LogP contribution in [-0.2, 0) is 11.2 Å². The number of methoxy groups -OCH3 is 1. The van der Waals surface area contributed by atoms with Gasteiger partial charge in [0, 0.05) is 6.42 Å². The van der Waals surface area contributed by atoms with E-state index in [4.69, 9.17) is 4.74 Å². The van der Waals surface area contributed by atoms with Crippen LogP contribution in [0.5, 0.6) is 5.75 Å². The number of hydrogen-bond acceptors (Lipinski definition) is 2. The minimum Gasteiger partial charge on any atom is -0.494 e. The van der Waals surface area contributed by atoms with Gasteiger partial charge in [-0.3, -0.25) is 4.79 Å². The van der Waals surface area contributed by atoms with Crippen molar-refractivity contribution in [1.82, 2.24) is 0 Å². The Bertz CT molecular complexity index is 530. The molecule has 0 saturated heterocycles. The third-order valence-electron chi connectivity index (χ3n) is 3.37. The first-order valence-electron chi connectivity index (χ1n) is 6.44. The van der Waals surface area contributed by atoms with Gasteiger partial charge in [0.1, 0.15) is 0 Å². The fourth-order valence-corrected chi connectivity index (χ4v) is 2.67. The van der Waals surface area contributed by atoms with Gasteiger partial charge in [0.2, 0.25) is 0 Å². The van der Waals surface area contributed by atoms with E-state index in [0.29, 0.717) is 12.8 Å².